The molecule has 0 saturated heterocycles. The van der Waals surface area contributed by atoms with Crippen LogP contribution in [0.15, 0.2) is 30.3 Å². The van der Waals surface area contributed by atoms with Crippen molar-refractivity contribution in [3.63, 3.8) is 0 Å². The van der Waals surface area contributed by atoms with Crippen LogP contribution in [0.3, 0.4) is 0 Å². The van der Waals surface area contributed by atoms with Crippen molar-refractivity contribution in [1.29, 1.82) is 0 Å². The second kappa shape index (κ2) is 7.88. The predicted octanol–water partition coefficient (Wildman–Crippen LogP) is 4.99. The van der Waals surface area contributed by atoms with Gasteiger partial charge in [-0.25, -0.2) is 9.37 Å². The average Bonchev–Trinajstić information content (AvgIpc) is 2.61. The Morgan fingerprint density at radius 3 is 2.46 bits per heavy atom. The molecule has 0 spiro atoms. The average molecular weight is 368 g/mol. The number of aromatic nitrogens is 2. The lowest BCUT2D eigenvalue weighted by Crippen LogP contribution is -2.24. The van der Waals surface area contributed by atoms with E-state index in [-0.39, 0.29) is 24.4 Å². The van der Waals surface area contributed by atoms with Gasteiger partial charge < -0.3 is 10.6 Å². The molecule has 140 valence electrons. The number of rotatable bonds is 5. The fraction of sp³-hybridized carbons (Fsp3) is 0.444. The first-order valence-electron chi connectivity index (χ1n) is 8.62. The third kappa shape index (κ3) is 4.83. The molecule has 1 saturated carbocycles. The van der Waals surface area contributed by atoms with Crippen molar-refractivity contribution in [2.24, 2.45) is 0 Å². The van der Waals surface area contributed by atoms with Crippen LogP contribution in [0, 0.1) is 5.82 Å². The van der Waals surface area contributed by atoms with Gasteiger partial charge in [-0.15, -0.1) is 0 Å². The lowest BCUT2D eigenvalue weighted by Gasteiger charge is -2.23. The van der Waals surface area contributed by atoms with Crippen molar-refractivity contribution < 1.29 is 17.6 Å². The predicted molar refractivity (Wildman–Crippen MR) is 91.3 cm³/mol. The Morgan fingerprint density at radius 1 is 1.04 bits per heavy atom. The lowest BCUT2D eigenvalue weighted by molar-refractivity contribution is -0.141. The number of nitrogens with zero attached hydrogens (tertiary/aromatic N) is 2. The van der Waals surface area contributed by atoms with Crippen LogP contribution in [0.25, 0.3) is 0 Å². The zero-order valence-corrected chi connectivity index (χ0v) is 14.1. The summed E-state index contributed by atoms with van der Waals surface area (Å²) in [5, 5.41) is 5.77. The number of nitrogens with one attached hydrogen (secondary N) is 2. The highest BCUT2D eigenvalue weighted by Gasteiger charge is 2.34. The highest BCUT2D eigenvalue weighted by molar-refractivity contribution is 5.44. The Morgan fingerprint density at radius 2 is 1.77 bits per heavy atom. The van der Waals surface area contributed by atoms with Crippen molar-refractivity contribution in [2.75, 3.05) is 10.6 Å². The van der Waals surface area contributed by atoms with Crippen LogP contribution in [0.4, 0.5) is 29.3 Å². The highest BCUT2D eigenvalue weighted by Crippen LogP contribution is 2.30. The molecule has 1 aliphatic rings. The van der Waals surface area contributed by atoms with E-state index in [1.165, 1.54) is 6.07 Å². The van der Waals surface area contributed by atoms with Gasteiger partial charge in [0.05, 0.1) is 0 Å². The van der Waals surface area contributed by atoms with Crippen LogP contribution >= 0.6 is 0 Å². The first kappa shape index (κ1) is 18.4. The van der Waals surface area contributed by atoms with Crippen molar-refractivity contribution in [2.45, 2.75) is 50.9 Å². The van der Waals surface area contributed by atoms with E-state index in [4.69, 9.17) is 0 Å². The van der Waals surface area contributed by atoms with Gasteiger partial charge in [-0.1, -0.05) is 37.5 Å². The number of alkyl halides is 3. The highest BCUT2D eigenvalue weighted by atomic mass is 19.4. The lowest BCUT2D eigenvalue weighted by atomic mass is 9.96. The molecule has 0 unspecified atom stereocenters. The quantitative estimate of drug-likeness (QED) is 0.730. The summed E-state index contributed by atoms with van der Waals surface area (Å²) in [6.07, 6.45) is 0.399. The zero-order valence-electron chi connectivity index (χ0n) is 14.1. The van der Waals surface area contributed by atoms with Crippen LogP contribution in [0.2, 0.25) is 0 Å². The van der Waals surface area contributed by atoms with E-state index in [2.05, 4.69) is 20.6 Å². The maximum Gasteiger partial charge on any atom is 0.433 e. The van der Waals surface area contributed by atoms with Gasteiger partial charge in [0.15, 0.2) is 5.69 Å². The van der Waals surface area contributed by atoms with E-state index in [1.54, 1.807) is 18.2 Å². The first-order chi connectivity index (χ1) is 12.4. The molecule has 8 heteroatoms. The van der Waals surface area contributed by atoms with E-state index in [9.17, 15) is 17.6 Å². The minimum atomic E-state index is -4.58. The van der Waals surface area contributed by atoms with Crippen molar-refractivity contribution in [3.8, 4) is 0 Å². The summed E-state index contributed by atoms with van der Waals surface area (Å²) < 4.78 is 53.1. The molecule has 0 radical (unpaired) electrons. The third-order valence-electron chi connectivity index (χ3n) is 4.37. The summed E-state index contributed by atoms with van der Waals surface area (Å²) in [5.41, 5.74) is -0.677. The smallest absolute Gasteiger partial charge is 0.366 e. The summed E-state index contributed by atoms with van der Waals surface area (Å²) in [7, 11) is 0. The molecular weight excluding hydrogens is 348 g/mol. The molecule has 0 amide bonds. The minimum absolute atomic E-state index is 0.00823. The van der Waals surface area contributed by atoms with E-state index in [0.717, 1.165) is 38.2 Å². The summed E-state index contributed by atoms with van der Waals surface area (Å²) >= 11 is 0. The monoisotopic (exact) mass is 368 g/mol. The summed E-state index contributed by atoms with van der Waals surface area (Å²) in [5.74, 6) is -0.470. The Labute approximate surface area is 149 Å². The molecule has 26 heavy (non-hydrogen) atoms. The van der Waals surface area contributed by atoms with Gasteiger partial charge in [0.2, 0.25) is 5.95 Å². The summed E-state index contributed by atoms with van der Waals surface area (Å²) in [6.45, 7) is 0.0316. The standard InChI is InChI=1S/C18H20F4N4/c19-14-9-5-4-6-12(14)11-23-16-10-15(18(20,21)22)25-17(26-16)24-13-7-2-1-3-8-13/h4-6,9-10,13H,1-3,7-8,11H2,(H2,23,24,25,26). The van der Waals surface area contributed by atoms with E-state index in [0.29, 0.717) is 5.56 Å². The summed E-state index contributed by atoms with van der Waals surface area (Å²) in [6, 6.07) is 7.00. The molecule has 1 aliphatic carbocycles. The molecule has 0 aliphatic heterocycles. The fourth-order valence-electron chi connectivity index (χ4n) is 3.00. The van der Waals surface area contributed by atoms with Gasteiger partial charge in [-0.05, 0) is 18.9 Å². The molecule has 0 bridgehead atoms. The SMILES string of the molecule is Fc1ccccc1CNc1cc(C(F)(F)F)nc(NC2CCCCC2)n1. The van der Waals surface area contributed by atoms with Gasteiger partial charge in [0.25, 0.3) is 0 Å². The second-order valence-electron chi connectivity index (χ2n) is 6.38. The van der Waals surface area contributed by atoms with Crippen molar-refractivity contribution in [3.05, 3.63) is 47.4 Å². The molecule has 1 fully saturated rings. The Hall–Kier alpha value is -2.38. The molecule has 4 nitrogen and oxygen atoms in total. The van der Waals surface area contributed by atoms with Crippen LogP contribution in [-0.2, 0) is 12.7 Å². The minimum Gasteiger partial charge on any atom is -0.366 e. The van der Waals surface area contributed by atoms with E-state index in [1.807, 2.05) is 0 Å². The van der Waals surface area contributed by atoms with Gasteiger partial charge in [0, 0.05) is 24.2 Å². The van der Waals surface area contributed by atoms with Gasteiger partial charge in [0.1, 0.15) is 11.6 Å². The van der Waals surface area contributed by atoms with Crippen LogP contribution in [0.1, 0.15) is 43.4 Å². The van der Waals surface area contributed by atoms with Gasteiger partial charge in [-0.3, -0.25) is 0 Å². The molecule has 3 rings (SSSR count). The topological polar surface area (TPSA) is 49.8 Å². The molecule has 2 aromatic rings. The Kier molecular flexibility index (Phi) is 5.58. The van der Waals surface area contributed by atoms with E-state index >= 15 is 0 Å². The number of hydrogen-bond donors (Lipinski definition) is 2. The number of benzene rings is 1. The fourth-order valence-corrected chi connectivity index (χ4v) is 3.00. The maximum absolute atomic E-state index is 13.7. The number of halogens is 4. The Bertz CT molecular complexity index is 742. The van der Waals surface area contributed by atoms with Crippen molar-refractivity contribution >= 4 is 11.8 Å². The molecule has 0 atom stereocenters. The van der Waals surface area contributed by atoms with Crippen molar-refractivity contribution in [1.82, 2.24) is 9.97 Å². The molecule has 1 aromatic heterocycles. The normalized spacial score (nSPS) is 15.7. The first-order valence-corrected chi connectivity index (χ1v) is 8.62. The van der Waals surface area contributed by atoms with Gasteiger partial charge >= 0.3 is 6.18 Å². The summed E-state index contributed by atoms with van der Waals surface area (Å²) in [4.78, 5) is 7.74. The molecule has 1 heterocycles. The molecular formula is C18H20F4N4. The molecule has 1 aromatic carbocycles. The van der Waals surface area contributed by atoms with Crippen LogP contribution < -0.4 is 10.6 Å². The molecule has 2 N–H and O–H groups in total. The van der Waals surface area contributed by atoms with Crippen LogP contribution in [-0.4, -0.2) is 16.0 Å². The number of anilines is 2. The largest absolute Gasteiger partial charge is 0.433 e. The van der Waals surface area contributed by atoms with Crippen LogP contribution in [0.5, 0.6) is 0 Å². The zero-order chi connectivity index (χ0) is 18.6. The maximum atomic E-state index is 13.7. The Balaban J connectivity index is 1.79. The van der Waals surface area contributed by atoms with E-state index < -0.39 is 17.7 Å². The van der Waals surface area contributed by atoms with Gasteiger partial charge in [-0.2, -0.15) is 18.2 Å². The third-order valence-corrected chi connectivity index (χ3v) is 4.37. The second-order valence-corrected chi connectivity index (χ2v) is 6.38. The number of hydrogen-bond acceptors (Lipinski definition) is 4.